The summed E-state index contributed by atoms with van der Waals surface area (Å²) in [6, 6.07) is 0. The molecule has 0 rings (SSSR count). The second-order valence-electron chi connectivity index (χ2n) is 3.19. The molecule has 0 atom stereocenters. The van der Waals surface area contributed by atoms with Crippen LogP contribution in [0.25, 0.3) is 0 Å². The number of hydrogen-bond donors (Lipinski definition) is 0. The Hall–Kier alpha value is 0.604. The fraction of sp³-hybridized carbons (Fsp3) is 1.00. The van der Waals surface area contributed by atoms with Gasteiger partial charge in [-0.05, 0) is 0 Å². The van der Waals surface area contributed by atoms with Gasteiger partial charge in [-0.1, -0.05) is 13.1 Å². The molecule has 0 heterocycles. The average molecular weight is 229 g/mol. The van der Waals surface area contributed by atoms with Gasteiger partial charge in [0, 0.05) is 27.0 Å². The minimum Gasteiger partial charge on any atom is -0.377 e. The molecule has 0 bridgehead atoms. The Labute approximate surface area is 81.0 Å². The van der Waals surface area contributed by atoms with Crippen LogP contribution in [0.4, 0.5) is 0 Å². The van der Waals surface area contributed by atoms with Gasteiger partial charge in [0.1, 0.15) is 0 Å². The first-order chi connectivity index (χ1) is 5.39. The van der Waals surface area contributed by atoms with Crippen molar-refractivity contribution in [2.45, 2.75) is 18.8 Å². The van der Waals surface area contributed by atoms with E-state index < -0.39 is 16.2 Å². The number of hydrogen-bond acceptors (Lipinski definition) is 3. The molecule has 0 radical (unpaired) electrons. The second-order valence-corrected chi connectivity index (χ2v) is 13.7. The van der Waals surface area contributed by atoms with E-state index >= 15 is 0 Å². The largest absolute Gasteiger partial charge is 0.498 e. The third-order valence-corrected chi connectivity index (χ3v) is 9.73. The van der Waals surface area contributed by atoms with Crippen molar-refractivity contribution in [1.82, 2.24) is 0 Å². The predicted molar refractivity (Wildman–Crippen MR) is 54.9 cm³/mol. The van der Waals surface area contributed by atoms with E-state index in [2.05, 4.69) is 0 Å². The maximum atomic E-state index is 6.19. The molecule has 0 amide bonds. The van der Waals surface area contributed by atoms with Gasteiger partial charge in [-0.2, -0.15) is 11.1 Å². The van der Waals surface area contributed by atoms with Gasteiger partial charge in [0.25, 0.3) is 0 Å². The van der Waals surface area contributed by atoms with E-state index in [1.807, 2.05) is 13.1 Å². The molecule has 0 aromatic carbocycles. The lowest BCUT2D eigenvalue weighted by Crippen LogP contribution is -2.48. The molecule has 0 N–H and O–H groups in total. The lowest BCUT2D eigenvalue weighted by atomic mass is 11.8. The smallest absolute Gasteiger partial charge is 0.377 e. The minimum atomic E-state index is -2.42. The monoisotopic (exact) mass is 228 g/mol. The normalized spacial score (nSPS) is 13.5. The summed E-state index contributed by atoms with van der Waals surface area (Å²) in [7, 11) is 0.703. The van der Waals surface area contributed by atoms with E-state index in [4.69, 9.17) is 24.4 Å². The first-order valence-electron chi connectivity index (χ1n) is 3.73. The van der Waals surface area contributed by atoms with Crippen LogP contribution in [-0.2, 0) is 13.3 Å². The summed E-state index contributed by atoms with van der Waals surface area (Å²) in [6.07, 6.45) is 0. The highest BCUT2D eigenvalue weighted by atomic mass is 35.6. The summed E-state index contributed by atoms with van der Waals surface area (Å²) in [5.74, 6) is 0. The van der Waals surface area contributed by atoms with Crippen LogP contribution in [0.2, 0.25) is 18.8 Å². The molecule has 0 aliphatic rings. The summed E-state index contributed by atoms with van der Waals surface area (Å²) >= 11 is 6.19. The van der Waals surface area contributed by atoms with Crippen molar-refractivity contribution in [3.63, 3.8) is 0 Å². The molecule has 3 nitrogen and oxygen atoms in total. The zero-order valence-corrected chi connectivity index (χ0v) is 11.1. The molecule has 6 heteroatoms. The minimum absolute atomic E-state index is 0.741. The van der Waals surface area contributed by atoms with Gasteiger partial charge in [0.2, 0.25) is 0 Å². The van der Waals surface area contributed by atoms with Gasteiger partial charge in [-0.15, -0.1) is 0 Å². The van der Waals surface area contributed by atoms with Gasteiger partial charge >= 0.3 is 8.80 Å². The van der Waals surface area contributed by atoms with Crippen LogP contribution >= 0.6 is 11.1 Å². The SMILES string of the molecule is CO[Si](C[Si](C)(C)Cl)(OC)OC. The van der Waals surface area contributed by atoms with E-state index in [0.717, 1.165) is 5.67 Å². The molecule has 0 aromatic rings. The fourth-order valence-corrected chi connectivity index (χ4v) is 8.81. The molecular weight excluding hydrogens is 212 g/mol. The van der Waals surface area contributed by atoms with Crippen LogP contribution in [0.1, 0.15) is 0 Å². The molecule has 74 valence electrons. The van der Waals surface area contributed by atoms with Crippen LogP contribution in [-0.4, -0.2) is 37.5 Å². The third-order valence-electron chi connectivity index (χ3n) is 1.57. The molecule has 0 aliphatic heterocycles. The van der Waals surface area contributed by atoms with Gasteiger partial charge in [-0.25, -0.2) is 0 Å². The first-order valence-corrected chi connectivity index (χ1v) is 9.88. The van der Waals surface area contributed by atoms with Crippen LogP contribution in [0, 0.1) is 0 Å². The first kappa shape index (κ1) is 12.6. The van der Waals surface area contributed by atoms with E-state index in [-0.39, 0.29) is 0 Å². The Balaban J connectivity index is 4.30. The molecule has 0 saturated carbocycles. The van der Waals surface area contributed by atoms with Crippen molar-refractivity contribution in [3.05, 3.63) is 0 Å². The van der Waals surface area contributed by atoms with Crippen molar-refractivity contribution in [2.75, 3.05) is 21.3 Å². The Morgan fingerprint density at radius 2 is 1.33 bits per heavy atom. The summed E-state index contributed by atoms with van der Waals surface area (Å²) in [5, 5.41) is 0. The maximum Gasteiger partial charge on any atom is 0.498 e. The van der Waals surface area contributed by atoms with Gasteiger partial charge in [-0.3, -0.25) is 0 Å². The second kappa shape index (κ2) is 4.73. The summed E-state index contributed by atoms with van der Waals surface area (Å²) in [6.45, 7) is 4.10. The quantitative estimate of drug-likeness (QED) is 0.531. The Morgan fingerprint density at radius 3 is 1.42 bits per heavy atom. The Bertz CT molecular complexity index is 125. The average Bonchev–Trinajstić information content (AvgIpc) is 1.99. The van der Waals surface area contributed by atoms with Crippen molar-refractivity contribution in [2.24, 2.45) is 0 Å². The van der Waals surface area contributed by atoms with Crippen LogP contribution < -0.4 is 0 Å². The number of halogens is 1. The maximum absolute atomic E-state index is 6.19. The predicted octanol–water partition coefficient (Wildman–Crippen LogP) is 1.85. The molecule has 0 fully saturated rings. The summed E-state index contributed by atoms with van der Waals surface area (Å²) in [5.41, 5.74) is 0.741. The molecule has 0 saturated heterocycles. The van der Waals surface area contributed by atoms with Crippen LogP contribution in [0.15, 0.2) is 0 Å². The van der Waals surface area contributed by atoms with Gasteiger partial charge in [0.15, 0.2) is 7.38 Å². The Kier molecular flexibility index (Phi) is 4.97. The van der Waals surface area contributed by atoms with Crippen molar-refractivity contribution in [3.8, 4) is 0 Å². The lowest BCUT2D eigenvalue weighted by molar-refractivity contribution is 0.129. The van der Waals surface area contributed by atoms with Crippen LogP contribution in [0.5, 0.6) is 0 Å². The molecule has 12 heavy (non-hydrogen) atoms. The summed E-state index contributed by atoms with van der Waals surface area (Å²) in [4.78, 5) is 0. The molecular formula is C6H17ClO3Si2. The third kappa shape index (κ3) is 4.02. The Morgan fingerprint density at radius 1 is 1.00 bits per heavy atom. The van der Waals surface area contributed by atoms with E-state index in [0.29, 0.717) is 0 Å². The molecule has 0 spiro atoms. The molecule has 0 unspecified atom stereocenters. The fourth-order valence-electron chi connectivity index (χ4n) is 0.981. The van der Waals surface area contributed by atoms with Crippen LogP contribution in [0.3, 0.4) is 0 Å². The van der Waals surface area contributed by atoms with Crippen molar-refractivity contribution in [1.29, 1.82) is 0 Å². The highest BCUT2D eigenvalue weighted by Crippen LogP contribution is 2.24. The highest BCUT2D eigenvalue weighted by Gasteiger charge is 2.43. The number of rotatable bonds is 5. The summed E-state index contributed by atoms with van der Waals surface area (Å²) < 4.78 is 15.8. The topological polar surface area (TPSA) is 27.7 Å². The highest BCUT2D eigenvalue weighted by molar-refractivity contribution is 7.22. The zero-order chi connectivity index (χ0) is 9.83. The van der Waals surface area contributed by atoms with E-state index in [1.54, 1.807) is 21.3 Å². The standard InChI is InChI=1S/C6H17ClO3Si2/c1-8-12(9-2,10-3)6-11(4,5)7/h6H2,1-5H3. The molecule has 0 aliphatic carbocycles. The van der Waals surface area contributed by atoms with Gasteiger partial charge < -0.3 is 13.3 Å². The molecule has 0 aromatic heterocycles. The van der Waals surface area contributed by atoms with E-state index in [9.17, 15) is 0 Å². The van der Waals surface area contributed by atoms with E-state index in [1.165, 1.54) is 0 Å². The van der Waals surface area contributed by atoms with Crippen molar-refractivity contribution < 1.29 is 13.3 Å². The zero-order valence-electron chi connectivity index (χ0n) is 8.31. The van der Waals surface area contributed by atoms with Crippen molar-refractivity contribution >= 4 is 27.3 Å². The van der Waals surface area contributed by atoms with Gasteiger partial charge in [0.05, 0.1) is 0 Å². The lowest BCUT2D eigenvalue weighted by Gasteiger charge is -2.28.